The van der Waals surface area contributed by atoms with E-state index in [1.54, 1.807) is 6.07 Å². The zero-order valence-corrected chi connectivity index (χ0v) is 22.6. The van der Waals surface area contributed by atoms with Crippen molar-refractivity contribution >= 4 is 57.4 Å². The average molecular weight is 517 g/mol. The predicted octanol–water partition coefficient (Wildman–Crippen LogP) is 8.30. The number of halogens is 2. The maximum absolute atomic E-state index is 11.6. The molecule has 0 saturated heterocycles. The molecule has 0 radical (unpaired) electrons. The third-order valence-electron chi connectivity index (χ3n) is 5.35. The largest absolute Gasteiger partial charge is 0.447 e. The van der Waals surface area contributed by atoms with Gasteiger partial charge in [-0.2, -0.15) is 0 Å². The molecule has 2 aromatic rings. The predicted molar refractivity (Wildman–Crippen MR) is 141 cm³/mol. The van der Waals surface area contributed by atoms with Crippen LogP contribution in [0.5, 0.6) is 5.75 Å². The van der Waals surface area contributed by atoms with Gasteiger partial charge in [-0.15, -0.1) is 0 Å². The smallest absolute Gasteiger partial charge is 0.259 e. The summed E-state index contributed by atoms with van der Waals surface area (Å²) in [5, 5.41) is 0.838. The van der Waals surface area contributed by atoms with Gasteiger partial charge in [0, 0.05) is 17.4 Å². The molecule has 32 heavy (non-hydrogen) atoms. The van der Waals surface area contributed by atoms with E-state index in [2.05, 4.69) is 50.6 Å². The molecule has 0 aliphatic rings. The van der Waals surface area contributed by atoms with Gasteiger partial charge in [0.1, 0.15) is 0 Å². The Morgan fingerprint density at radius 1 is 0.969 bits per heavy atom. The number of hydrogen-bond donors (Lipinski definition) is 2. The lowest BCUT2D eigenvalue weighted by atomic mass is 9.85. The van der Waals surface area contributed by atoms with Crippen LogP contribution in [0.25, 0.3) is 0 Å². The summed E-state index contributed by atoms with van der Waals surface area (Å²) >= 11 is 16.3. The van der Waals surface area contributed by atoms with Gasteiger partial charge in [0.15, 0.2) is 10.8 Å². The standard InChI is InChI=1S/C24H31Cl2NO3S2/c1-12(2)16-8-17(13(3)4)10-18(9-16)15(7)21-20(27-32(28)29)11-19(25)23(22(21)26)30-24(31)14(5)6/h8-15,27H,1-7H3,(H,28,29). The van der Waals surface area contributed by atoms with Crippen molar-refractivity contribution in [2.45, 2.75) is 66.2 Å². The van der Waals surface area contributed by atoms with E-state index in [0.29, 0.717) is 28.1 Å². The lowest BCUT2D eigenvalue weighted by molar-refractivity contribution is 0.523. The zero-order valence-electron chi connectivity index (χ0n) is 19.5. The van der Waals surface area contributed by atoms with Crippen LogP contribution < -0.4 is 9.46 Å². The van der Waals surface area contributed by atoms with Crippen molar-refractivity contribution in [3.63, 3.8) is 0 Å². The SMILES string of the molecule is CC(C)C(=S)Oc1c(Cl)cc(NS(=O)O)c(C(C)c2cc(C(C)C)cc(C(C)C)c2)c1Cl. The molecule has 0 aliphatic carbocycles. The maximum Gasteiger partial charge on any atom is 0.259 e. The molecule has 176 valence electrons. The molecule has 0 heterocycles. The lowest BCUT2D eigenvalue weighted by Gasteiger charge is -2.24. The van der Waals surface area contributed by atoms with Crippen molar-refractivity contribution in [3.05, 3.63) is 56.6 Å². The number of rotatable bonds is 8. The molecular formula is C24H31Cl2NO3S2. The fourth-order valence-corrected chi connectivity index (χ4v) is 4.45. The Kier molecular flexibility index (Phi) is 9.56. The molecule has 0 saturated carbocycles. The molecular weight excluding hydrogens is 485 g/mol. The van der Waals surface area contributed by atoms with Crippen molar-refractivity contribution in [1.82, 2.24) is 0 Å². The molecule has 8 heteroatoms. The lowest BCUT2D eigenvalue weighted by Crippen LogP contribution is -2.15. The summed E-state index contributed by atoms with van der Waals surface area (Å²) in [5.41, 5.74) is 4.49. The molecule has 0 bridgehead atoms. The molecule has 2 aromatic carbocycles. The highest BCUT2D eigenvalue weighted by Crippen LogP contribution is 2.46. The minimum Gasteiger partial charge on any atom is -0.447 e. The first-order valence-corrected chi connectivity index (χ1v) is 12.9. The Balaban J connectivity index is 2.73. The van der Waals surface area contributed by atoms with Gasteiger partial charge in [-0.05, 0) is 46.8 Å². The van der Waals surface area contributed by atoms with Gasteiger partial charge in [0.05, 0.1) is 15.7 Å². The van der Waals surface area contributed by atoms with E-state index in [1.165, 1.54) is 11.1 Å². The van der Waals surface area contributed by atoms with Crippen LogP contribution in [0.2, 0.25) is 10.0 Å². The molecule has 0 aliphatic heterocycles. The highest BCUT2D eigenvalue weighted by molar-refractivity contribution is 7.80. The molecule has 2 rings (SSSR count). The molecule has 2 atom stereocenters. The Labute approximate surface area is 209 Å². The third kappa shape index (κ3) is 6.45. The Morgan fingerprint density at radius 3 is 1.91 bits per heavy atom. The zero-order chi connectivity index (χ0) is 24.3. The maximum atomic E-state index is 11.6. The Bertz CT molecular complexity index is 997. The minimum absolute atomic E-state index is 0.00271. The van der Waals surface area contributed by atoms with E-state index in [9.17, 15) is 8.76 Å². The molecule has 0 spiro atoms. The van der Waals surface area contributed by atoms with Gasteiger partial charge >= 0.3 is 0 Å². The Hall–Kier alpha value is -1.18. The summed E-state index contributed by atoms with van der Waals surface area (Å²) in [7, 11) is 0. The number of thiocarbonyl (C=S) groups is 1. The second kappa shape index (κ2) is 11.3. The molecule has 0 amide bonds. The second-order valence-corrected chi connectivity index (χ2v) is 10.7. The van der Waals surface area contributed by atoms with Gasteiger partial charge in [0.2, 0.25) is 0 Å². The first-order chi connectivity index (χ1) is 14.8. The fraction of sp³-hybridized carbons (Fsp3) is 0.458. The van der Waals surface area contributed by atoms with Crippen LogP contribution >= 0.6 is 35.4 Å². The van der Waals surface area contributed by atoms with E-state index < -0.39 is 11.3 Å². The summed E-state index contributed by atoms with van der Waals surface area (Å²) in [6.07, 6.45) is 0. The van der Waals surface area contributed by atoms with Gasteiger partial charge in [-0.1, -0.05) is 89.9 Å². The van der Waals surface area contributed by atoms with E-state index in [4.69, 9.17) is 40.2 Å². The van der Waals surface area contributed by atoms with Gasteiger partial charge in [0.25, 0.3) is 11.3 Å². The van der Waals surface area contributed by atoms with Crippen LogP contribution in [-0.4, -0.2) is 13.8 Å². The van der Waals surface area contributed by atoms with Crippen LogP contribution in [0, 0.1) is 5.92 Å². The normalized spacial score (nSPS) is 13.5. The van der Waals surface area contributed by atoms with Crippen molar-refractivity contribution in [1.29, 1.82) is 0 Å². The van der Waals surface area contributed by atoms with E-state index >= 15 is 0 Å². The molecule has 0 fully saturated rings. The number of ether oxygens (including phenoxy) is 1. The van der Waals surface area contributed by atoms with Gasteiger partial charge < -0.3 is 4.74 Å². The molecule has 0 aromatic heterocycles. The van der Waals surface area contributed by atoms with Gasteiger partial charge in [-0.25, -0.2) is 4.21 Å². The van der Waals surface area contributed by atoms with E-state index in [-0.39, 0.29) is 27.6 Å². The van der Waals surface area contributed by atoms with Crippen LogP contribution in [0.1, 0.15) is 88.5 Å². The van der Waals surface area contributed by atoms with Crippen molar-refractivity contribution in [2.75, 3.05) is 4.72 Å². The molecule has 2 N–H and O–H groups in total. The van der Waals surface area contributed by atoms with E-state index in [1.807, 2.05) is 20.8 Å². The number of nitrogens with one attached hydrogen (secondary N) is 1. The Morgan fingerprint density at radius 2 is 1.47 bits per heavy atom. The number of benzene rings is 2. The van der Waals surface area contributed by atoms with Crippen molar-refractivity contribution < 1.29 is 13.5 Å². The summed E-state index contributed by atoms with van der Waals surface area (Å²) in [6.45, 7) is 14.5. The monoisotopic (exact) mass is 515 g/mol. The van der Waals surface area contributed by atoms with Gasteiger partial charge in [-0.3, -0.25) is 9.27 Å². The highest BCUT2D eigenvalue weighted by atomic mass is 35.5. The quantitative estimate of drug-likeness (QED) is 0.274. The first kappa shape index (κ1) is 27.1. The molecule has 2 unspecified atom stereocenters. The minimum atomic E-state index is -2.30. The topological polar surface area (TPSA) is 58.6 Å². The number of anilines is 1. The summed E-state index contributed by atoms with van der Waals surface area (Å²) in [4.78, 5) is 0. The van der Waals surface area contributed by atoms with Crippen molar-refractivity contribution in [3.8, 4) is 5.75 Å². The van der Waals surface area contributed by atoms with Crippen LogP contribution in [-0.2, 0) is 11.3 Å². The summed E-state index contributed by atoms with van der Waals surface area (Å²) in [6, 6.07) is 8.10. The van der Waals surface area contributed by atoms with E-state index in [0.717, 1.165) is 5.56 Å². The first-order valence-electron chi connectivity index (χ1n) is 10.6. The van der Waals surface area contributed by atoms with Crippen LogP contribution in [0.3, 0.4) is 0 Å². The number of hydrogen-bond acceptors (Lipinski definition) is 3. The third-order valence-corrected chi connectivity index (χ3v) is 6.96. The second-order valence-electron chi connectivity index (χ2n) is 8.85. The van der Waals surface area contributed by atoms with Crippen LogP contribution in [0.15, 0.2) is 24.3 Å². The molecule has 4 nitrogen and oxygen atoms in total. The fourth-order valence-electron chi connectivity index (χ4n) is 3.31. The summed E-state index contributed by atoms with van der Waals surface area (Å²) in [5.74, 6) is 0.747. The van der Waals surface area contributed by atoms with Crippen LogP contribution in [0.4, 0.5) is 5.69 Å². The summed E-state index contributed by atoms with van der Waals surface area (Å²) < 4.78 is 29.5. The highest BCUT2D eigenvalue weighted by Gasteiger charge is 2.25. The average Bonchev–Trinajstić information content (AvgIpc) is 2.69. The van der Waals surface area contributed by atoms with Crippen molar-refractivity contribution in [2.24, 2.45) is 5.92 Å².